The zero-order chi connectivity index (χ0) is 19.3. The van der Waals surface area contributed by atoms with Gasteiger partial charge in [-0.1, -0.05) is 30.9 Å². The average Bonchev–Trinajstić information content (AvgIpc) is 2.63. The molecule has 0 N–H and O–H groups in total. The second-order valence-corrected chi connectivity index (χ2v) is 6.79. The number of nitro groups is 1. The maximum Gasteiger partial charge on any atom is 0.339 e. The van der Waals surface area contributed by atoms with Crippen molar-refractivity contribution in [3.05, 3.63) is 38.9 Å². The van der Waals surface area contributed by atoms with Crippen molar-refractivity contribution in [3.63, 3.8) is 0 Å². The number of rotatable bonds is 6. The molecule has 0 radical (unpaired) electrons. The number of halogens is 1. The molecule has 8 heteroatoms. The van der Waals surface area contributed by atoms with E-state index in [1.54, 1.807) is 4.90 Å². The van der Waals surface area contributed by atoms with E-state index < -0.39 is 17.0 Å². The number of esters is 1. The quantitative estimate of drug-likeness (QED) is 0.421. The van der Waals surface area contributed by atoms with Gasteiger partial charge in [0.25, 0.3) is 11.6 Å². The molecule has 1 atom stereocenters. The standard InChI is InChI=1S/C18H23ClN2O5/c1-3-20(14-7-5-4-6-8-14)17(22)12(2)26-18(23)13-9-10-15(19)16(11-13)21(24)25/h9-12,14H,3-8H2,1-2H3/t12-/m0/s1. The molecule has 0 aromatic heterocycles. The fourth-order valence-corrected chi connectivity index (χ4v) is 3.47. The fourth-order valence-electron chi connectivity index (χ4n) is 3.28. The van der Waals surface area contributed by atoms with Gasteiger partial charge in [-0.15, -0.1) is 0 Å². The molecule has 1 aliphatic carbocycles. The fraction of sp³-hybridized carbons (Fsp3) is 0.556. The van der Waals surface area contributed by atoms with Gasteiger partial charge in [0.1, 0.15) is 5.02 Å². The SMILES string of the molecule is CCN(C(=O)[C@H](C)OC(=O)c1ccc(Cl)c([N+](=O)[O-])c1)C1CCCCC1. The monoisotopic (exact) mass is 382 g/mol. The lowest BCUT2D eigenvalue weighted by Gasteiger charge is -2.35. The second-order valence-electron chi connectivity index (χ2n) is 6.39. The molecule has 1 aromatic carbocycles. The molecule has 1 amide bonds. The van der Waals surface area contributed by atoms with Gasteiger partial charge < -0.3 is 9.64 Å². The van der Waals surface area contributed by atoms with Crippen molar-refractivity contribution in [2.24, 2.45) is 0 Å². The van der Waals surface area contributed by atoms with E-state index in [1.807, 2.05) is 6.92 Å². The molecule has 1 saturated carbocycles. The van der Waals surface area contributed by atoms with Crippen molar-refractivity contribution in [2.45, 2.75) is 58.1 Å². The van der Waals surface area contributed by atoms with Crippen LogP contribution in [0.15, 0.2) is 18.2 Å². The number of likely N-dealkylation sites (N-methyl/N-ethyl adjacent to an activating group) is 1. The van der Waals surface area contributed by atoms with Crippen LogP contribution in [0.3, 0.4) is 0 Å². The van der Waals surface area contributed by atoms with Gasteiger partial charge in [-0.25, -0.2) is 4.79 Å². The summed E-state index contributed by atoms with van der Waals surface area (Å²) in [6, 6.07) is 3.84. The van der Waals surface area contributed by atoms with Crippen molar-refractivity contribution >= 4 is 29.2 Å². The molecule has 7 nitrogen and oxygen atoms in total. The highest BCUT2D eigenvalue weighted by atomic mass is 35.5. The van der Waals surface area contributed by atoms with E-state index in [9.17, 15) is 19.7 Å². The Hall–Kier alpha value is -2.15. The molecule has 0 heterocycles. The summed E-state index contributed by atoms with van der Waals surface area (Å²) in [5.74, 6) is -1.03. The Morgan fingerprint density at radius 1 is 1.35 bits per heavy atom. The Labute approximate surface area is 157 Å². The van der Waals surface area contributed by atoms with Crippen LogP contribution in [0.4, 0.5) is 5.69 Å². The molecular formula is C18H23ClN2O5. The number of benzene rings is 1. The third kappa shape index (κ3) is 4.72. The van der Waals surface area contributed by atoms with Gasteiger partial charge in [0.2, 0.25) is 0 Å². The lowest BCUT2D eigenvalue weighted by molar-refractivity contribution is -0.384. The zero-order valence-electron chi connectivity index (χ0n) is 14.9. The van der Waals surface area contributed by atoms with Crippen LogP contribution >= 0.6 is 11.6 Å². The van der Waals surface area contributed by atoms with Crippen molar-refractivity contribution in [1.82, 2.24) is 4.90 Å². The molecule has 1 aliphatic rings. The lowest BCUT2D eigenvalue weighted by atomic mass is 9.94. The molecule has 1 aromatic rings. The molecule has 0 unspecified atom stereocenters. The van der Waals surface area contributed by atoms with Crippen LogP contribution in [0.5, 0.6) is 0 Å². The van der Waals surface area contributed by atoms with Gasteiger partial charge in [0.15, 0.2) is 6.10 Å². The average molecular weight is 383 g/mol. The van der Waals surface area contributed by atoms with E-state index in [-0.39, 0.29) is 28.2 Å². The highest BCUT2D eigenvalue weighted by Gasteiger charge is 2.30. The minimum atomic E-state index is -0.959. The number of ether oxygens (including phenoxy) is 1. The summed E-state index contributed by atoms with van der Waals surface area (Å²) < 4.78 is 5.25. The lowest BCUT2D eigenvalue weighted by Crippen LogP contribution is -2.46. The van der Waals surface area contributed by atoms with Gasteiger partial charge in [-0.05, 0) is 38.8 Å². The summed E-state index contributed by atoms with van der Waals surface area (Å²) in [5.41, 5.74) is -0.390. The van der Waals surface area contributed by atoms with Crippen molar-refractivity contribution in [2.75, 3.05) is 6.54 Å². The summed E-state index contributed by atoms with van der Waals surface area (Å²) in [5, 5.41) is 10.9. The van der Waals surface area contributed by atoms with E-state index in [0.29, 0.717) is 6.54 Å². The zero-order valence-corrected chi connectivity index (χ0v) is 15.7. The minimum absolute atomic E-state index is 0.0125. The first kappa shape index (κ1) is 20.2. The van der Waals surface area contributed by atoms with Crippen molar-refractivity contribution in [1.29, 1.82) is 0 Å². The topological polar surface area (TPSA) is 89.8 Å². The summed E-state index contributed by atoms with van der Waals surface area (Å²) in [6.45, 7) is 3.98. The molecule has 0 aliphatic heterocycles. The third-order valence-electron chi connectivity index (χ3n) is 4.65. The summed E-state index contributed by atoms with van der Waals surface area (Å²) in [7, 11) is 0. The summed E-state index contributed by atoms with van der Waals surface area (Å²) >= 11 is 5.74. The predicted molar refractivity (Wildman–Crippen MR) is 97.2 cm³/mol. The second kappa shape index (κ2) is 8.98. The number of carbonyl (C=O) groups is 2. The predicted octanol–water partition coefficient (Wildman–Crippen LogP) is 3.97. The van der Waals surface area contributed by atoms with E-state index in [2.05, 4.69) is 0 Å². The molecule has 0 spiro atoms. The van der Waals surface area contributed by atoms with Crippen molar-refractivity contribution in [3.8, 4) is 0 Å². The Balaban J connectivity index is 2.06. The van der Waals surface area contributed by atoms with Crippen LogP contribution in [-0.2, 0) is 9.53 Å². The van der Waals surface area contributed by atoms with Gasteiger partial charge in [-0.3, -0.25) is 14.9 Å². The number of nitro benzene ring substituents is 1. The first-order valence-electron chi connectivity index (χ1n) is 8.80. The smallest absolute Gasteiger partial charge is 0.339 e. The molecule has 0 bridgehead atoms. The number of hydrogen-bond acceptors (Lipinski definition) is 5. The number of carbonyl (C=O) groups excluding carboxylic acids is 2. The maximum atomic E-state index is 12.7. The van der Waals surface area contributed by atoms with E-state index in [4.69, 9.17) is 16.3 Å². The van der Waals surface area contributed by atoms with E-state index >= 15 is 0 Å². The van der Waals surface area contributed by atoms with E-state index in [0.717, 1.165) is 31.7 Å². The Morgan fingerprint density at radius 2 is 2.00 bits per heavy atom. The first-order chi connectivity index (χ1) is 12.3. The molecule has 1 fully saturated rings. The highest BCUT2D eigenvalue weighted by Crippen LogP contribution is 2.26. The van der Waals surface area contributed by atoms with Gasteiger partial charge in [0, 0.05) is 18.7 Å². The van der Waals surface area contributed by atoms with Gasteiger partial charge in [0.05, 0.1) is 10.5 Å². The maximum absolute atomic E-state index is 12.7. The van der Waals surface area contributed by atoms with Gasteiger partial charge >= 0.3 is 5.97 Å². The Morgan fingerprint density at radius 3 is 2.58 bits per heavy atom. The third-order valence-corrected chi connectivity index (χ3v) is 4.97. The number of amides is 1. The normalized spacial score (nSPS) is 16.0. The molecular weight excluding hydrogens is 360 g/mol. The molecule has 142 valence electrons. The molecule has 0 saturated heterocycles. The van der Waals surface area contributed by atoms with Crippen LogP contribution in [0.2, 0.25) is 5.02 Å². The number of hydrogen-bond donors (Lipinski definition) is 0. The minimum Gasteiger partial charge on any atom is -0.449 e. The van der Waals surface area contributed by atoms with E-state index in [1.165, 1.54) is 25.5 Å². The summed E-state index contributed by atoms with van der Waals surface area (Å²) in [6.07, 6.45) is 4.34. The molecule has 2 rings (SSSR count). The van der Waals surface area contributed by atoms with Crippen LogP contribution < -0.4 is 0 Å². The molecule has 26 heavy (non-hydrogen) atoms. The summed E-state index contributed by atoms with van der Waals surface area (Å²) in [4.78, 5) is 37.0. The van der Waals surface area contributed by atoms with Crippen LogP contribution in [-0.4, -0.2) is 40.4 Å². The van der Waals surface area contributed by atoms with Crippen LogP contribution in [0.25, 0.3) is 0 Å². The van der Waals surface area contributed by atoms with Gasteiger partial charge in [-0.2, -0.15) is 0 Å². The van der Waals surface area contributed by atoms with Crippen LogP contribution in [0, 0.1) is 10.1 Å². The number of nitrogens with zero attached hydrogens (tertiary/aromatic N) is 2. The first-order valence-corrected chi connectivity index (χ1v) is 9.18. The Kier molecular flexibility index (Phi) is 6.97. The van der Waals surface area contributed by atoms with Crippen molar-refractivity contribution < 1.29 is 19.2 Å². The Bertz CT molecular complexity index is 688. The van der Waals surface area contributed by atoms with Crippen LogP contribution in [0.1, 0.15) is 56.3 Å². The highest BCUT2D eigenvalue weighted by molar-refractivity contribution is 6.32. The largest absolute Gasteiger partial charge is 0.449 e.